The second kappa shape index (κ2) is 5.79. The molecule has 18 heavy (non-hydrogen) atoms. The number of carbonyl (C=O) groups is 2. The smallest absolute Gasteiger partial charge is 0.326 e. The molecule has 0 radical (unpaired) electrons. The minimum Gasteiger partial charge on any atom is -0.480 e. The van der Waals surface area contributed by atoms with E-state index in [-0.39, 0.29) is 25.0 Å². The molecule has 1 unspecified atom stereocenters. The van der Waals surface area contributed by atoms with Crippen molar-refractivity contribution < 1.29 is 19.8 Å². The molecule has 7 heteroatoms. The molecule has 2 saturated heterocycles. The van der Waals surface area contributed by atoms with E-state index in [9.17, 15) is 14.7 Å². The zero-order valence-corrected chi connectivity index (χ0v) is 10.9. The number of nitrogens with one attached hydrogen (secondary N) is 1. The van der Waals surface area contributed by atoms with Crippen molar-refractivity contribution in [3.63, 3.8) is 0 Å². The molecule has 0 saturated carbocycles. The van der Waals surface area contributed by atoms with Crippen LogP contribution in [0.4, 0.5) is 4.79 Å². The number of hydrogen-bond donors (Lipinski definition) is 3. The van der Waals surface area contributed by atoms with E-state index in [1.807, 2.05) is 0 Å². The first-order chi connectivity index (χ1) is 8.58. The van der Waals surface area contributed by atoms with Gasteiger partial charge >= 0.3 is 12.0 Å². The summed E-state index contributed by atoms with van der Waals surface area (Å²) in [6.07, 6.45) is 1.38. The van der Waals surface area contributed by atoms with Crippen LogP contribution in [0.3, 0.4) is 0 Å². The molecule has 2 rings (SSSR count). The average Bonchev–Trinajstić information content (AvgIpc) is 2.73. The standard InChI is InChI=1S/C11H18N2O4S/c14-8-4-9(10(15)16)13(5-8)11(17)12-7-2-1-3-18-6-7/h7-9,14H,1-6H2,(H,12,17)(H,15,16)/t7?,8-,9-/m1/s1. The van der Waals surface area contributed by atoms with Crippen molar-refractivity contribution in [3.05, 3.63) is 0 Å². The van der Waals surface area contributed by atoms with Crippen LogP contribution in [0.1, 0.15) is 19.3 Å². The number of aliphatic carboxylic acids is 1. The van der Waals surface area contributed by atoms with Gasteiger partial charge in [0.05, 0.1) is 6.10 Å². The summed E-state index contributed by atoms with van der Waals surface area (Å²) in [7, 11) is 0. The SMILES string of the molecule is O=C(O)[C@H]1C[C@@H](O)CN1C(=O)NC1CCCSC1. The largest absolute Gasteiger partial charge is 0.480 e. The number of thioether (sulfide) groups is 1. The minimum atomic E-state index is -1.06. The molecule has 2 aliphatic rings. The number of carboxylic acids is 1. The Labute approximate surface area is 110 Å². The molecule has 2 aliphatic heterocycles. The molecule has 0 aromatic carbocycles. The molecular weight excluding hydrogens is 256 g/mol. The van der Waals surface area contributed by atoms with Crippen LogP contribution < -0.4 is 5.32 Å². The number of aliphatic hydroxyl groups is 1. The third-order valence-corrected chi connectivity index (χ3v) is 4.53. The van der Waals surface area contributed by atoms with Gasteiger partial charge in [-0.1, -0.05) is 0 Å². The first-order valence-electron chi connectivity index (χ1n) is 6.13. The highest BCUT2D eigenvalue weighted by Gasteiger charge is 2.39. The first kappa shape index (κ1) is 13.5. The molecule has 3 N–H and O–H groups in total. The third-order valence-electron chi connectivity index (χ3n) is 3.31. The van der Waals surface area contributed by atoms with Crippen LogP contribution in [0.2, 0.25) is 0 Å². The Morgan fingerprint density at radius 3 is 2.78 bits per heavy atom. The monoisotopic (exact) mass is 274 g/mol. The molecular formula is C11H18N2O4S. The lowest BCUT2D eigenvalue weighted by atomic mass is 10.2. The lowest BCUT2D eigenvalue weighted by molar-refractivity contribution is -0.141. The van der Waals surface area contributed by atoms with Crippen molar-refractivity contribution in [2.75, 3.05) is 18.1 Å². The predicted octanol–water partition coefficient (Wildman–Crippen LogP) is 0.111. The molecule has 2 heterocycles. The fraction of sp³-hybridized carbons (Fsp3) is 0.818. The van der Waals surface area contributed by atoms with Crippen molar-refractivity contribution in [3.8, 4) is 0 Å². The van der Waals surface area contributed by atoms with Crippen molar-refractivity contribution in [1.82, 2.24) is 10.2 Å². The number of β-amino-alcohol motifs (C(OH)–C–C–N with tert-alkyl or cyclic N) is 1. The molecule has 0 aromatic rings. The van der Waals surface area contributed by atoms with Crippen molar-refractivity contribution >= 4 is 23.8 Å². The normalized spacial score (nSPS) is 32.3. The Hall–Kier alpha value is -0.950. The molecule has 0 aromatic heterocycles. The van der Waals surface area contributed by atoms with Gasteiger partial charge in [0.25, 0.3) is 0 Å². The van der Waals surface area contributed by atoms with Crippen LogP contribution in [0, 0.1) is 0 Å². The summed E-state index contributed by atoms with van der Waals surface area (Å²) < 4.78 is 0. The summed E-state index contributed by atoms with van der Waals surface area (Å²) in [4.78, 5) is 24.3. The lowest BCUT2D eigenvalue weighted by Crippen LogP contribution is -2.50. The number of urea groups is 1. The average molecular weight is 274 g/mol. The maximum absolute atomic E-state index is 12.0. The highest BCUT2D eigenvalue weighted by molar-refractivity contribution is 7.99. The Kier molecular flexibility index (Phi) is 4.34. The van der Waals surface area contributed by atoms with Gasteiger partial charge in [-0.3, -0.25) is 0 Å². The van der Waals surface area contributed by atoms with E-state index in [0.717, 1.165) is 24.3 Å². The van der Waals surface area contributed by atoms with E-state index in [2.05, 4.69) is 5.32 Å². The van der Waals surface area contributed by atoms with Gasteiger partial charge in [-0.25, -0.2) is 9.59 Å². The topological polar surface area (TPSA) is 89.9 Å². The highest BCUT2D eigenvalue weighted by atomic mass is 32.2. The van der Waals surface area contributed by atoms with Gasteiger partial charge in [-0.05, 0) is 18.6 Å². The summed E-state index contributed by atoms with van der Waals surface area (Å²) in [6, 6.07) is -1.16. The number of carbonyl (C=O) groups excluding carboxylic acids is 1. The van der Waals surface area contributed by atoms with E-state index in [4.69, 9.17) is 5.11 Å². The Morgan fingerprint density at radius 2 is 2.17 bits per heavy atom. The lowest BCUT2D eigenvalue weighted by Gasteiger charge is -2.27. The molecule has 2 amide bonds. The Morgan fingerprint density at radius 1 is 1.39 bits per heavy atom. The zero-order chi connectivity index (χ0) is 13.1. The number of nitrogens with zero attached hydrogens (tertiary/aromatic N) is 1. The number of amides is 2. The third kappa shape index (κ3) is 3.08. The zero-order valence-electron chi connectivity index (χ0n) is 10.0. The summed E-state index contributed by atoms with van der Waals surface area (Å²) in [6.45, 7) is 0.0999. The predicted molar refractivity (Wildman–Crippen MR) is 67.6 cm³/mol. The van der Waals surface area contributed by atoms with Gasteiger partial charge in [-0.15, -0.1) is 0 Å². The van der Waals surface area contributed by atoms with Gasteiger partial charge in [0.2, 0.25) is 0 Å². The number of aliphatic hydroxyl groups excluding tert-OH is 1. The minimum absolute atomic E-state index is 0.0999. The highest BCUT2D eigenvalue weighted by Crippen LogP contribution is 2.20. The number of likely N-dealkylation sites (tertiary alicyclic amines) is 1. The molecule has 2 fully saturated rings. The van der Waals surface area contributed by atoms with Crippen LogP contribution in [0.15, 0.2) is 0 Å². The van der Waals surface area contributed by atoms with E-state index in [0.29, 0.717) is 0 Å². The second-order valence-electron chi connectivity index (χ2n) is 4.76. The molecule has 0 spiro atoms. The van der Waals surface area contributed by atoms with Crippen LogP contribution in [0.5, 0.6) is 0 Å². The fourth-order valence-electron chi connectivity index (χ4n) is 2.38. The fourth-order valence-corrected chi connectivity index (χ4v) is 3.46. The maximum Gasteiger partial charge on any atom is 0.326 e. The van der Waals surface area contributed by atoms with Crippen molar-refractivity contribution in [2.24, 2.45) is 0 Å². The summed E-state index contributed by atoms with van der Waals surface area (Å²) in [5.41, 5.74) is 0. The van der Waals surface area contributed by atoms with Crippen molar-refractivity contribution in [1.29, 1.82) is 0 Å². The maximum atomic E-state index is 12.0. The van der Waals surface area contributed by atoms with Gasteiger partial charge in [0.15, 0.2) is 0 Å². The molecule has 0 bridgehead atoms. The van der Waals surface area contributed by atoms with E-state index in [1.54, 1.807) is 11.8 Å². The van der Waals surface area contributed by atoms with Gasteiger partial charge < -0.3 is 20.4 Å². The van der Waals surface area contributed by atoms with Crippen LogP contribution >= 0.6 is 11.8 Å². The molecule has 3 atom stereocenters. The van der Waals surface area contributed by atoms with Crippen LogP contribution in [-0.2, 0) is 4.79 Å². The summed E-state index contributed by atoms with van der Waals surface area (Å²) in [5.74, 6) is 0.937. The van der Waals surface area contributed by atoms with Gasteiger partial charge in [0, 0.05) is 24.8 Å². The Bertz CT molecular complexity index is 333. The van der Waals surface area contributed by atoms with E-state index in [1.165, 1.54) is 4.90 Å². The number of carboxylic acid groups (broad SMARTS) is 1. The second-order valence-corrected chi connectivity index (χ2v) is 5.91. The van der Waals surface area contributed by atoms with E-state index < -0.39 is 18.1 Å². The number of rotatable bonds is 2. The molecule has 6 nitrogen and oxygen atoms in total. The summed E-state index contributed by atoms with van der Waals surface area (Å²) >= 11 is 1.80. The molecule has 0 aliphatic carbocycles. The van der Waals surface area contributed by atoms with Crippen LogP contribution in [-0.4, -0.2) is 63.4 Å². The quantitative estimate of drug-likeness (QED) is 0.665. The summed E-state index contributed by atoms with van der Waals surface area (Å²) in [5, 5.41) is 21.4. The molecule has 102 valence electrons. The van der Waals surface area contributed by atoms with Crippen molar-refractivity contribution in [2.45, 2.75) is 37.5 Å². The Balaban J connectivity index is 1.92. The van der Waals surface area contributed by atoms with Gasteiger partial charge in [-0.2, -0.15) is 11.8 Å². The number of hydrogen-bond acceptors (Lipinski definition) is 4. The first-order valence-corrected chi connectivity index (χ1v) is 7.29. The van der Waals surface area contributed by atoms with Crippen LogP contribution in [0.25, 0.3) is 0 Å². The van der Waals surface area contributed by atoms with Gasteiger partial charge in [0.1, 0.15) is 6.04 Å². The van der Waals surface area contributed by atoms with E-state index >= 15 is 0 Å².